The maximum atomic E-state index is 14.0. The fourth-order valence-corrected chi connectivity index (χ4v) is 5.61. The molecule has 1 saturated heterocycles. The summed E-state index contributed by atoms with van der Waals surface area (Å²) in [5.41, 5.74) is 1.75. The lowest BCUT2D eigenvalue weighted by Crippen LogP contribution is -2.55. The minimum absolute atomic E-state index is 0.219. The molecule has 2 heterocycles. The number of hydrogen-bond donors (Lipinski definition) is 0. The first-order valence-corrected chi connectivity index (χ1v) is 12.3. The summed E-state index contributed by atoms with van der Waals surface area (Å²) in [4.78, 5) is 9.07. The van der Waals surface area contributed by atoms with E-state index in [1.165, 1.54) is 16.8 Å². The minimum Gasteiger partial charge on any atom is -0.368 e. The van der Waals surface area contributed by atoms with Crippen LogP contribution in [0.1, 0.15) is 13.8 Å². The van der Waals surface area contributed by atoms with E-state index in [0.717, 1.165) is 35.7 Å². The van der Waals surface area contributed by atoms with E-state index in [-0.39, 0.29) is 10.9 Å². The van der Waals surface area contributed by atoms with Gasteiger partial charge in [-0.2, -0.15) is 0 Å². The third-order valence-corrected chi connectivity index (χ3v) is 7.58. The summed E-state index contributed by atoms with van der Waals surface area (Å²) in [5.74, 6) is -0.329. The number of anilines is 2. The van der Waals surface area contributed by atoms with E-state index in [0.29, 0.717) is 12.5 Å². The van der Waals surface area contributed by atoms with E-state index < -0.39 is 15.7 Å². The van der Waals surface area contributed by atoms with E-state index in [1.54, 1.807) is 17.4 Å². The number of hydrogen-bond acceptors (Lipinski definition) is 6. The van der Waals surface area contributed by atoms with Crippen LogP contribution in [-0.2, 0) is 9.84 Å². The van der Waals surface area contributed by atoms with Crippen molar-refractivity contribution in [3.8, 4) is 0 Å². The van der Waals surface area contributed by atoms with Crippen molar-refractivity contribution < 1.29 is 12.8 Å². The fourth-order valence-electron chi connectivity index (χ4n) is 3.81. The summed E-state index contributed by atoms with van der Waals surface area (Å²) >= 11 is 1.70. The van der Waals surface area contributed by atoms with Crippen LogP contribution in [0.15, 0.2) is 47.4 Å². The number of para-hydroxylation sites is 1. The third kappa shape index (κ3) is 3.96. The molecule has 3 aromatic rings. The number of nitrogens with zero attached hydrogens (tertiary/aromatic N) is 3. The average molecular weight is 434 g/mol. The van der Waals surface area contributed by atoms with E-state index in [9.17, 15) is 12.8 Å². The Morgan fingerprint density at radius 3 is 2.62 bits per heavy atom. The fraction of sp³-hybridized carbons (Fsp3) is 0.381. The molecular formula is C21H24FN3O2S2. The molecule has 0 unspecified atom stereocenters. The Morgan fingerprint density at radius 2 is 1.93 bits per heavy atom. The molecule has 29 heavy (non-hydrogen) atoms. The molecule has 0 amide bonds. The van der Waals surface area contributed by atoms with Gasteiger partial charge in [0.15, 0.2) is 15.0 Å². The highest BCUT2D eigenvalue weighted by Crippen LogP contribution is 2.34. The number of fused-ring (bicyclic) bond motifs is 1. The number of thiazole rings is 1. The van der Waals surface area contributed by atoms with Crippen LogP contribution in [0.5, 0.6) is 0 Å². The van der Waals surface area contributed by atoms with Crippen LogP contribution in [0.3, 0.4) is 0 Å². The van der Waals surface area contributed by atoms with E-state index in [2.05, 4.69) is 29.7 Å². The minimum atomic E-state index is -3.61. The van der Waals surface area contributed by atoms with Gasteiger partial charge >= 0.3 is 0 Å². The normalized spacial score (nSPS) is 18.0. The SMILES string of the molecule is CC(C)[C@@H]1CN(c2ccc(F)c(S(C)(=O)=O)c2)CCN1c1nc2ccccc2s1. The van der Waals surface area contributed by atoms with Crippen LogP contribution in [0, 0.1) is 11.7 Å². The topological polar surface area (TPSA) is 53.5 Å². The third-order valence-electron chi connectivity index (χ3n) is 5.40. The number of rotatable bonds is 4. The van der Waals surface area contributed by atoms with Gasteiger partial charge in [-0.3, -0.25) is 0 Å². The number of halogens is 1. The Balaban J connectivity index is 1.63. The molecular weight excluding hydrogens is 409 g/mol. The van der Waals surface area contributed by atoms with E-state index >= 15 is 0 Å². The second-order valence-electron chi connectivity index (χ2n) is 7.80. The van der Waals surface area contributed by atoms with Crippen LogP contribution in [0.4, 0.5) is 15.2 Å². The Labute approximate surface area is 174 Å². The monoisotopic (exact) mass is 433 g/mol. The van der Waals surface area contributed by atoms with E-state index in [4.69, 9.17) is 4.98 Å². The molecule has 1 aliphatic heterocycles. The molecule has 0 saturated carbocycles. The summed E-state index contributed by atoms with van der Waals surface area (Å²) < 4.78 is 39.0. The van der Waals surface area contributed by atoms with Gasteiger partial charge in [-0.05, 0) is 36.2 Å². The Kier molecular flexibility index (Phi) is 5.25. The molecule has 1 atom stereocenters. The zero-order valence-electron chi connectivity index (χ0n) is 16.7. The van der Waals surface area contributed by atoms with Crippen molar-refractivity contribution in [2.24, 2.45) is 5.92 Å². The molecule has 1 aliphatic rings. The molecule has 5 nitrogen and oxygen atoms in total. The van der Waals surface area contributed by atoms with Crippen LogP contribution >= 0.6 is 11.3 Å². The maximum absolute atomic E-state index is 14.0. The van der Waals surface area contributed by atoms with Gasteiger partial charge < -0.3 is 9.80 Å². The largest absolute Gasteiger partial charge is 0.368 e. The molecule has 0 N–H and O–H groups in total. The quantitative estimate of drug-likeness (QED) is 0.618. The predicted octanol–water partition coefficient (Wildman–Crippen LogP) is 4.19. The Bertz CT molecular complexity index is 1110. The van der Waals surface area contributed by atoms with Gasteiger partial charge in [-0.1, -0.05) is 37.3 Å². The standard InChI is InChI=1S/C21H24FN3O2S2/c1-14(2)18-13-24(15-8-9-16(22)20(12-15)29(3,26)27)10-11-25(18)21-23-17-6-4-5-7-19(17)28-21/h4-9,12,14,18H,10-11,13H2,1-3H3/t18-/m0/s1. The molecule has 0 aliphatic carbocycles. The summed E-state index contributed by atoms with van der Waals surface area (Å²) in [6, 6.07) is 12.7. The molecule has 2 aromatic carbocycles. The molecule has 0 radical (unpaired) electrons. The second kappa shape index (κ2) is 7.57. The summed E-state index contributed by atoms with van der Waals surface area (Å²) in [6.07, 6.45) is 1.04. The first-order valence-electron chi connectivity index (χ1n) is 9.61. The van der Waals surface area contributed by atoms with Gasteiger partial charge in [-0.25, -0.2) is 17.8 Å². The van der Waals surface area contributed by atoms with Crippen molar-refractivity contribution in [1.29, 1.82) is 0 Å². The Hall–Kier alpha value is -2.19. The van der Waals surface area contributed by atoms with E-state index in [1.807, 2.05) is 18.2 Å². The van der Waals surface area contributed by atoms with Gasteiger partial charge in [0.05, 0.1) is 16.3 Å². The predicted molar refractivity (Wildman–Crippen MR) is 117 cm³/mol. The molecule has 154 valence electrons. The number of benzene rings is 2. The number of aromatic nitrogens is 1. The lowest BCUT2D eigenvalue weighted by molar-refractivity contribution is 0.418. The number of piperazine rings is 1. The number of sulfone groups is 1. The van der Waals surface area contributed by atoms with Crippen molar-refractivity contribution in [1.82, 2.24) is 4.98 Å². The Morgan fingerprint density at radius 1 is 1.17 bits per heavy atom. The average Bonchev–Trinajstić information content (AvgIpc) is 3.11. The van der Waals surface area contributed by atoms with Crippen molar-refractivity contribution in [3.05, 3.63) is 48.3 Å². The van der Waals surface area contributed by atoms with Gasteiger partial charge in [0, 0.05) is 31.6 Å². The highest BCUT2D eigenvalue weighted by molar-refractivity contribution is 7.90. The highest BCUT2D eigenvalue weighted by atomic mass is 32.2. The highest BCUT2D eigenvalue weighted by Gasteiger charge is 2.32. The van der Waals surface area contributed by atoms with Gasteiger partial charge in [-0.15, -0.1) is 0 Å². The molecule has 4 rings (SSSR count). The molecule has 1 aromatic heterocycles. The van der Waals surface area contributed by atoms with Crippen LogP contribution in [0.2, 0.25) is 0 Å². The molecule has 1 fully saturated rings. The van der Waals surface area contributed by atoms with Gasteiger partial charge in [0.25, 0.3) is 0 Å². The maximum Gasteiger partial charge on any atom is 0.186 e. The van der Waals surface area contributed by atoms with Crippen molar-refractivity contribution in [2.75, 3.05) is 35.7 Å². The summed E-state index contributed by atoms with van der Waals surface area (Å²) in [7, 11) is -3.61. The van der Waals surface area contributed by atoms with Crippen molar-refractivity contribution in [3.63, 3.8) is 0 Å². The molecule has 0 spiro atoms. The first-order chi connectivity index (χ1) is 13.7. The smallest absolute Gasteiger partial charge is 0.186 e. The first kappa shape index (κ1) is 20.1. The lowest BCUT2D eigenvalue weighted by atomic mass is 9.99. The lowest BCUT2D eigenvalue weighted by Gasteiger charge is -2.44. The van der Waals surface area contributed by atoms with Crippen molar-refractivity contribution >= 4 is 42.2 Å². The zero-order chi connectivity index (χ0) is 20.8. The summed E-state index contributed by atoms with van der Waals surface area (Å²) in [6.45, 7) is 6.58. The van der Waals surface area contributed by atoms with Crippen molar-refractivity contribution in [2.45, 2.75) is 24.8 Å². The molecule has 8 heteroatoms. The van der Waals surface area contributed by atoms with Gasteiger partial charge in [0.2, 0.25) is 0 Å². The van der Waals surface area contributed by atoms with Gasteiger partial charge in [0.1, 0.15) is 10.7 Å². The summed E-state index contributed by atoms with van der Waals surface area (Å²) in [5, 5.41) is 1.01. The molecule has 0 bridgehead atoms. The van der Waals surface area contributed by atoms with Crippen LogP contribution < -0.4 is 9.80 Å². The zero-order valence-corrected chi connectivity index (χ0v) is 18.3. The van der Waals surface area contributed by atoms with Crippen LogP contribution in [0.25, 0.3) is 10.2 Å². The second-order valence-corrected chi connectivity index (χ2v) is 10.8. The van der Waals surface area contributed by atoms with Crippen LogP contribution in [-0.4, -0.2) is 45.3 Å².